The molecule has 0 saturated heterocycles. The van der Waals surface area contributed by atoms with E-state index in [2.05, 4.69) is 45.5 Å². The molecule has 18 heavy (non-hydrogen) atoms. The predicted octanol–water partition coefficient (Wildman–Crippen LogP) is 4.23. The molecule has 1 unspecified atom stereocenters. The fourth-order valence-electron chi connectivity index (χ4n) is 2.70. The third kappa shape index (κ3) is 2.29. The fraction of sp³-hybridized carbons (Fsp3) is 0.500. The van der Waals surface area contributed by atoms with E-state index < -0.39 is 0 Å². The van der Waals surface area contributed by atoms with Crippen molar-refractivity contribution < 1.29 is 0 Å². The van der Waals surface area contributed by atoms with Crippen LogP contribution in [0.25, 0.3) is 0 Å². The van der Waals surface area contributed by atoms with E-state index in [9.17, 15) is 0 Å². The van der Waals surface area contributed by atoms with Crippen molar-refractivity contribution in [2.75, 3.05) is 5.32 Å². The molecule has 0 bridgehead atoms. The van der Waals surface area contributed by atoms with Gasteiger partial charge in [-0.05, 0) is 31.2 Å². The van der Waals surface area contributed by atoms with E-state index in [1.807, 2.05) is 6.20 Å². The standard InChI is InChI=1S/C14H19N3S/c1-11(13-7-4-10-18-13)16-14-15-8-9-17(14)12-5-2-3-6-12/h4,7-12H,2-3,5-6H2,1H3,(H,15,16). The fourth-order valence-corrected chi connectivity index (χ4v) is 3.44. The summed E-state index contributed by atoms with van der Waals surface area (Å²) in [7, 11) is 0. The second kappa shape index (κ2) is 5.14. The highest BCUT2D eigenvalue weighted by atomic mass is 32.1. The normalized spacial score (nSPS) is 18.1. The molecule has 0 amide bonds. The van der Waals surface area contributed by atoms with Crippen LogP contribution in [0.15, 0.2) is 29.9 Å². The molecule has 2 aromatic heterocycles. The summed E-state index contributed by atoms with van der Waals surface area (Å²) in [6, 6.07) is 5.24. The molecule has 3 rings (SSSR count). The van der Waals surface area contributed by atoms with Gasteiger partial charge in [-0.25, -0.2) is 4.98 Å². The maximum Gasteiger partial charge on any atom is 0.203 e. The lowest BCUT2D eigenvalue weighted by Gasteiger charge is -2.18. The van der Waals surface area contributed by atoms with Gasteiger partial charge in [0.1, 0.15) is 0 Å². The number of hydrogen-bond donors (Lipinski definition) is 1. The molecular formula is C14H19N3S. The highest BCUT2D eigenvalue weighted by molar-refractivity contribution is 7.10. The van der Waals surface area contributed by atoms with Gasteiger partial charge in [0.05, 0.1) is 6.04 Å². The minimum absolute atomic E-state index is 0.326. The van der Waals surface area contributed by atoms with Gasteiger partial charge in [0, 0.05) is 23.3 Å². The topological polar surface area (TPSA) is 29.9 Å². The molecule has 2 heterocycles. The molecule has 4 heteroatoms. The van der Waals surface area contributed by atoms with Crippen LogP contribution in [-0.4, -0.2) is 9.55 Å². The SMILES string of the molecule is CC(Nc1nccn1C1CCCC1)c1cccs1. The summed E-state index contributed by atoms with van der Waals surface area (Å²) in [5, 5.41) is 5.65. The van der Waals surface area contributed by atoms with Crippen molar-refractivity contribution in [1.82, 2.24) is 9.55 Å². The molecule has 0 spiro atoms. The van der Waals surface area contributed by atoms with Crippen LogP contribution in [-0.2, 0) is 0 Å². The molecule has 2 aromatic rings. The minimum Gasteiger partial charge on any atom is -0.348 e. The molecule has 0 aromatic carbocycles. The first kappa shape index (κ1) is 11.8. The van der Waals surface area contributed by atoms with Gasteiger partial charge in [-0.3, -0.25) is 0 Å². The molecule has 0 aliphatic heterocycles. The zero-order valence-electron chi connectivity index (χ0n) is 10.7. The summed E-state index contributed by atoms with van der Waals surface area (Å²) in [6.45, 7) is 2.19. The molecule has 0 radical (unpaired) electrons. The minimum atomic E-state index is 0.326. The van der Waals surface area contributed by atoms with Crippen LogP contribution >= 0.6 is 11.3 Å². The number of rotatable bonds is 4. The van der Waals surface area contributed by atoms with Gasteiger partial charge in [0.15, 0.2) is 0 Å². The van der Waals surface area contributed by atoms with Crippen LogP contribution in [0, 0.1) is 0 Å². The van der Waals surface area contributed by atoms with Crippen LogP contribution < -0.4 is 5.32 Å². The number of hydrogen-bond acceptors (Lipinski definition) is 3. The van der Waals surface area contributed by atoms with E-state index in [1.165, 1.54) is 30.6 Å². The summed E-state index contributed by atoms with van der Waals surface area (Å²) in [4.78, 5) is 5.82. The summed E-state index contributed by atoms with van der Waals surface area (Å²) in [5.41, 5.74) is 0. The number of nitrogens with one attached hydrogen (secondary N) is 1. The van der Waals surface area contributed by atoms with Crippen molar-refractivity contribution in [1.29, 1.82) is 0 Å². The number of aromatic nitrogens is 2. The Balaban J connectivity index is 1.74. The maximum atomic E-state index is 4.47. The maximum absolute atomic E-state index is 4.47. The van der Waals surface area contributed by atoms with E-state index in [1.54, 1.807) is 11.3 Å². The first-order valence-corrected chi connectivity index (χ1v) is 7.55. The number of thiophene rings is 1. The Morgan fingerprint density at radius 2 is 2.28 bits per heavy atom. The summed E-state index contributed by atoms with van der Waals surface area (Å²) in [5.74, 6) is 1.02. The van der Waals surface area contributed by atoms with Crippen LogP contribution in [0.5, 0.6) is 0 Å². The Bertz CT molecular complexity index is 483. The van der Waals surface area contributed by atoms with Gasteiger partial charge in [-0.15, -0.1) is 11.3 Å². The van der Waals surface area contributed by atoms with Gasteiger partial charge in [0.2, 0.25) is 5.95 Å². The zero-order chi connectivity index (χ0) is 12.4. The first-order chi connectivity index (χ1) is 8.84. The molecule has 96 valence electrons. The second-order valence-corrected chi connectivity index (χ2v) is 5.96. The lowest BCUT2D eigenvalue weighted by molar-refractivity contribution is 0.521. The molecule has 1 aliphatic carbocycles. The summed E-state index contributed by atoms with van der Waals surface area (Å²) in [6.07, 6.45) is 9.30. The Hall–Kier alpha value is -1.29. The Kier molecular flexibility index (Phi) is 3.37. The van der Waals surface area contributed by atoms with Gasteiger partial charge in [0.25, 0.3) is 0 Å². The number of imidazole rings is 1. The molecule has 3 nitrogen and oxygen atoms in total. The Morgan fingerprint density at radius 1 is 1.44 bits per heavy atom. The lowest BCUT2D eigenvalue weighted by atomic mass is 10.2. The van der Waals surface area contributed by atoms with E-state index >= 15 is 0 Å². The van der Waals surface area contributed by atoms with E-state index in [0.717, 1.165) is 5.95 Å². The smallest absolute Gasteiger partial charge is 0.203 e. The highest BCUT2D eigenvalue weighted by Gasteiger charge is 2.20. The summed E-state index contributed by atoms with van der Waals surface area (Å²) < 4.78 is 2.32. The predicted molar refractivity (Wildman–Crippen MR) is 76.1 cm³/mol. The molecule has 1 aliphatic rings. The average Bonchev–Trinajstić information content (AvgIpc) is 3.11. The molecule has 1 atom stereocenters. The van der Waals surface area contributed by atoms with Crippen LogP contribution in [0.4, 0.5) is 5.95 Å². The van der Waals surface area contributed by atoms with Crippen molar-refractivity contribution in [3.05, 3.63) is 34.8 Å². The van der Waals surface area contributed by atoms with E-state index in [0.29, 0.717) is 12.1 Å². The van der Waals surface area contributed by atoms with E-state index in [-0.39, 0.29) is 0 Å². The first-order valence-electron chi connectivity index (χ1n) is 6.67. The zero-order valence-corrected chi connectivity index (χ0v) is 11.5. The third-order valence-electron chi connectivity index (χ3n) is 3.70. The molecule has 1 fully saturated rings. The van der Waals surface area contributed by atoms with Crippen molar-refractivity contribution in [3.8, 4) is 0 Å². The quantitative estimate of drug-likeness (QED) is 0.892. The lowest BCUT2D eigenvalue weighted by Crippen LogP contribution is -2.13. The van der Waals surface area contributed by atoms with Crippen LogP contribution in [0.1, 0.15) is 49.6 Å². The Morgan fingerprint density at radius 3 is 3.00 bits per heavy atom. The largest absolute Gasteiger partial charge is 0.348 e. The second-order valence-electron chi connectivity index (χ2n) is 4.98. The van der Waals surface area contributed by atoms with Crippen molar-refractivity contribution >= 4 is 17.3 Å². The number of nitrogens with zero attached hydrogens (tertiary/aromatic N) is 2. The van der Waals surface area contributed by atoms with Gasteiger partial charge in [-0.1, -0.05) is 18.9 Å². The Labute approximate surface area is 112 Å². The van der Waals surface area contributed by atoms with Crippen LogP contribution in [0.3, 0.4) is 0 Å². The van der Waals surface area contributed by atoms with Crippen LogP contribution in [0.2, 0.25) is 0 Å². The van der Waals surface area contributed by atoms with Crippen molar-refractivity contribution in [2.24, 2.45) is 0 Å². The van der Waals surface area contributed by atoms with Crippen molar-refractivity contribution in [2.45, 2.75) is 44.7 Å². The van der Waals surface area contributed by atoms with Gasteiger partial charge in [-0.2, -0.15) is 0 Å². The molecule has 1 N–H and O–H groups in total. The molecule has 1 saturated carbocycles. The third-order valence-corrected chi connectivity index (χ3v) is 4.76. The van der Waals surface area contributed by atoms with Gasteiger partial charge >= 0.3 is 0 Å². The summed E-state index contributed by atoms with van der Waals surface area (Å²) >= 11 is 1.79. The highest BCUT2D eigenvalue weighted by Crippen LogP contribution is 2.32. The molecular weight excluding hydrogens is 242 g/mol. The van der Waals surface area contributed by atoms with E-state index in [4.69, 9.17) is 0 Å². The van der Waals surface area contributed by atoms with Crippen molar-refractivity contribution in [3.63, 3.8) is 0 Å². The number of anilines is 1. The monoisotopic (exact) mass is 261 g/mol. The average molecular weight is 261 g/mol. The van der Waals surface area contributed by atoms with Gasteiger partial charge < -0.3 is 9.88 Å².